The number of ether oxygens (including phenoxy) is 2. The molecule has 0 aliphatic carbocycles. The van der Waals surface area contributed by atoms with Gasteiger partial charge < -0.3 is 9.47 Å². The third-order valence-electron chi connectivity index (χ3n) is 3.61. The van der Waals surface area contributed by atoms with Crippen molar-refractivity contribution >= 4 is 17.2 Å². The minimum atomic E-state index is 0.620. The first kappa shape index (κ1) is 15.0. The lowest BCUT2D eigenvalue weighted by Crippen LogP contribution is -1.89. The van der Waals surface area contributed by atoms with Gasteiger partial charge in [0.15, 0.2) is 17.3 Å². The fourth-order valence-corrected chi connectivity index (χ4v) is 2.46. The van der Waals surface area contributed by atoms with E-state index in [4.69, 9.17) is 9.47 Å². The lowest BCUT2D eigenvalue weighted by Gasteiger charge is -2.07. The molecule has 0 bridgehead atoms. The van der Waals surface area contributed by atoms with Gasteiger partial charge in [0.05, 0.1) is 25.6 Å². The zero-order valence-electron chi connectivity index (χ0n) is 13.6. The Kier molecular flexibility index (Phi) is 3.97. The maximum atomic E-state index is 5.28. The van der Waals surface area contributed by atoms with E-state index in [1.807, 2.05) is 42.5 Å². The zero-order valence-corrected chi connectivity index (χ0v) is 13.6. The summed E-state index contributed by atoms with van der Waals surface area (Å²) >= 11 is 0. The normalized spacial score (nSPS) is 11.3. The minimum Gasteiger partial charge on any atom is -0.493 e. The predicted molar refractivity (Wildman–Crippen MR) is 88.4 cm³/mol. The third-order valence-corrected chi connectivity index (χ3v) is 3.61. The molecular weight excluding hydrogens is 292 g/mol. The molecule has 0 N–H and O–H groups in total. The predicted octanol–water partition coefficient (Wildman–Crippen LogP) is 4.38. The molecule has 23 heavy (non-hydrogen) atoms. The van der Waals surface area contributed by atoms with Crippen molar-refractivity contribution in [2.75, 3.05) is 14.2 Å². The van der Waals surface area contributed by atoms with Gasteiger partial charge in [-0.05, 0) is 38.1 Å². The SMILES string of the molecule is COc1ccc(N=Nc2c(C)nc3cccc(C)n23)cc1OC. The molecule has 0 aliphatic rings. The molecule has 0 radical (unpaired) electrons. The average molecular weight is 310 g/mol. The van der Waals surface area contributed by atoms with Crippen LogP contribution in [0.2, 0.25) is 0 Å². The summed E-state index contributed by atoms with van der Waals surface area (Å²) in [6.07, 6.45) is 0. The van der Waals surface area contributed by atoms with Gasteiger partial charge in [0, 0.05) is 11.8 Å². The van der Waals surface area contributed by atoms with Crippen molar-refractivity contribution in [1.29, 1.82) is 0 Å². The molecule has 0 spiro atoms. The monoisotopic (exact) mass is 310 g/mol. The number of fused-ring (bicyclic) bond motifs is 1. The van der Waals surface area contributed by atoms with E-state index in [0.29, 0.717) is 17.2 Å². The summed E-state index contributed by atoms with van der Waals surface area (Å²) in [5.41, 5.74) is 3.45. The van der Waals surface area contributed by atoms with Crippen molar-refractivity contribution in [2.45, 2.75) is 13.8 Å². The highest BCUT2D eigenvalue weighted by Gasteiger charge is 2.10. The molecule has 0 fully saturated rings. The number of pyridine rings is 1. The molecule has 6 heteroatoms. The summed E-state index contributed by atoms with van der Waals surface area (Å²) in [4.78, 5) is 4.51. The van der Waals surface area contributed by atoms with E-state index in [2.05, 4.69) is 15.2 Å². The molecule has 0 amide bonds. The Balaban J connectivity index is 2.02. The first-order chi connectivity index (χ1) is 11.1. The van der Waals surface area contributed by atoms with Gasteiger partial charge in [-0.1, -0.05) is 6.07 Å². The van der Waals surface area contributed by atoms with Crippen molar-refractivity contribution in [3.8, 4) is 11.5 Å². The van der Waals surface area contributed by atoms with Crippen LogP contribution < -0.4 is 9.47 Å². The van der Waals surface area contributed by atoms with E-state index >= 15 is 0 Å². The van der Waals surface area contributed by atoms with E-state index in [1.54, 1.807) is 26.4 Å². The molecule has 0 aliphatic heterocycles. The highest BCUT2D eigenvalue weighted by molar-refractivity contribution is 5.54. The van der Waals surface area contributed by atoms with Gasteiger partial charge in [0.2, 0.25) is 0 Å². The fraction of sp³-hybridized carbons (Fsp3) is 0.235. The maximum Gasteiger partial charge on any atom is 0.182 e. The van der Waals surface area contributed by atoms with E-state index in [9.17, 15) is 0 Å². The second kappa shape index (κ2) is 6.08. The second-order valence-corrected chi connectivity index (χ2v) is 5.12. The first-order valence-electron chi connectivity index (χ1n) is 7.22. The van der Waals surface area contributed by atoms with Crippen LogP contribution in [0.25, 0.3) is 5.65 Å². The summed E-state index contributed by atoms with van der Waals surface area (Å²) in [5, 5.41) is 8.70. The molecule has 0 atom stereocenters. The van der Waals surface area contributed by atoms with Crippen LogP contribution in [0.1, 0.15) is 11.4 Å². The average Bonchev–Trinajstić information content (AvgIpc) is 2.89. The van der Waals surface area contributed by atoms with Crippen LogP contribution in [0.4, 0.5) is 11.5 Å². The molecule has 1 aromatic carbocycles. The zero-order chi connectivity index (χ0) is 16.4. The number of nitrogens with zero attached hydrogens (tertiary/aromatic N) is 4. The molecule has 2 heterocycles. The van der Waals surface area contributed by atoms with Gasteiger partial charge in [-0.3, -0.25) is 4.40 Å². The molecule has 3 aromatic rings. The Hall–Kier alpha value is -2.89. The number of aryl methyl sites for hydroxylation is 2. The van der Waals surface area contributed by atoms with Gasteiger partial charge in [-0.15, -0.1) is 10.2 Å². The molecule has 0 unspecified atom stereocenters. The molecule has 118 valence electrons. The lowest BCUT2D eigenvalue weighted by atomic mass is 10.3. The summed E-state index contributed by atoms with van der Waals surface area (Å²) in [7, 11) is 3.19. The number of hydrogen-bond acceptors (Lipinski definition) is 5. The van der Waals surface area contributed by atoms with E-state index in [1.165, 1.54) is 0 Å². The Morgan fingerprint density at radius 2 is 1.74 bits per heavy atom. The van der Waals surface area contributed by atoms with Crippen molar-refractivity contribution in [3.63, 3.8) is 0 Å². The summed E-state index contributed by atoms with van der Waals surface area (Å²) in [6.45, 7) is 3.94. The molecule has 2 aromatic heterocycles. The second-order valence-electron chi connectivity index (χ2n) is 5.12. The molecule has 0 saturated heterocycles. The van der Waals surface area contributed by atoms with E-state index in [-0.39, 0.29) is 0 Å². The minimum absolute atomic E-state index is 0.620. The fourth-order valence-electron chi connectivity index (χ4n) is 2.46. The topological polar surface area (TPSA) is 60.5 Å². The highest BCUT2D eigenvalue weighted by Crippen LogP contribution is 2.32. The smallest absolute Gasteiger partial charge is 0.182 e. The Morgan fingerprint density at radius 3 is 2.48 bits per heavy atom. The highest BCUT2D eigenvalue weighted by atomic mass is 16.5. The quantitative estimate of drug-likeness (QED) is 0.672. The van der Waals surface area contributed by atoms with Crippen LogP contribution in [0.15, 0.2) is 46.6 Å². The van der Waals surface area contributed by atoms with Gasteiger partial charge in [0.25, 0.3) is 0 Å². The molecular formula is C17H18N4O2. The lowest BCUT2D eigenvalue weighted by molar-refractivity contribution is 0.355. The summed E-state index contributed by atoms with van der Waals surface area (Å²) in [5.74, 6) is 2.01. The van der Waals surface area contributed by atoms with Gasteiger partial charge in [-0.25, -0.2) is 4.98 Å². The molecule has 3 rings (SSSR count). The van der Waals surface area contributed by atoms with Crippen LogP contribution in [0.5, 0.6) is 11.5 Å². The summed E-state index contributed by atoms with van der Waals surface area (Å²) in [6, 6.07) is 11.4. The number of aromatic nitrogens is 2. The first-order valence-corrected chi connectivity index (χ1v) is 7.22. The van der Waals surface area contributed by atoms with Crippen LogP contribution in [0.3, 0.4) is 0 Å². The van der Waals surface area contributed by atoms with E-state index in [0.717, 1.165) is 22.9 Å². The van der Waals surface area contributed by atoms with Crippen molar-refractivity contribution in [3.05, 3.63) is 47.8 Å². The summed E-state index contributed by atoms with van der Waals surface area (Å²) < 4.78 is 12.5. The molecule has 0 saturated carbocycles. The standard InChI is InChI=1S/C17H18N4O2/c1-11-6-5-7-16-18-12(2)17(21(11)16)20-19-13-8-9-14(22-3)15(10-13)23-4/h5-10H,1-4H3. The number of methoxy groups -OCH3 is 2. The molecule has 6 nitrogen and oxygen atoms in total. The van der Waals surface area contributed by atoms with Crippen LogP contribution >= 0.6 is 0 Å². The van der Waals surface area contributed by atoms with Crippen molar-refractivity contribution in [1.82, 2.24) is 9.38 Å². The Labute approximate surface area is 134 Å². The van der Waals surface area contributed by atoms with Gasteiger partial charge in [-0.2, -0.15) is 0 Å². The number of rotatable bonds is 4. The largest absolute Gasteiger partial charge is 0.493 e. The van der Waals surface area contributed by atoms with Crippen molar-refractivity contribution < 1.29 is 9.47 Å². The van der Waals surface area contributed by atoms with Gasteiger partial charge >= 0.3 is 0 Å². The number of hydrogen-bond donors (Lipinski definition) is 0. The maximum absolute atomic E-state index is 5.28. The van der Waals surface area contributed by atoms with E-state index < -0.39 is 0 Å². The Bertz CT molecular complexity index is 884. The number of imidazole rings is 1. The van der Waals surface area contributed by atoms with Gasteiger partial charge in [0.1, 0.15) is 5.65 Å². The van der Waals surface area contributed by atoms with Crippen molar-refractivity contribution in [2.24, 2.45) is 10.2 Å². The van der Waals surface area contributed by atoms with Crippen LogP contribution in [-0.4, -0.2) is 23.6 Å². The number of azo groups is 1. The number of benzene rings is 1. The Morgan fingerprint density at radius 1 is 0.957 bits per heavy atom. The van der Waals surface area contributed by atoms with Crippen LogP contribution in [0, 0.1) is 13.8 Å². The van der Waals surface area contributed by atoms with Crippen LogP contribution in [-0.2, 0) is 0 Å². The third kappa shape index (κ3) is 2.75.